The molecule has 1 amide bonds. The standard InChI is InChI=1S/C12H15N2O/c1-10-9-13-7-8-14(10)12(15)11-5-3-2-4-6-11/h2-5,10,13H,7-9H2,1H3. The van der Waals surface area contributed by atoms with Gasteiger partial charge in [-0.1, -0.05) is 18.2 Å². The van der Waals surface area contributed by atoms with Gasteiger partial charge < -0.3 is 10.2 Å². The minimum absolute atomic E-state index is 0.0876. The highest BCUT2D eigenvalue weighted by Crippen LogP contribution is 2.09. The van der Waals surface area contributed by atoms with Gasteiger partial charge >= 0.3 is 0 Å². The van der Waals surface area contributed by atoms with Crippen LogP contribution in [0.5, 0.6) is 0 Å². The summed E-state index contributed by atoms with van der Waals surface area (Å²) in [5.41, 5.74) is 0.659. The molecule has 1 radical (unpaired) electrons. The van der Waals surface area contributed by atoms with E-state index >= 15 is 0 Å². The first-order valence-electron chi connectivity index (χ1n) is 5.27. The van der Waals surface area contributed by atoms with Gasteiger partial charge in [0.05, 0.1) is 0 Å². The third kappa shape index (κ3) is 2.18. The first kappa shape index (κ1) is 10.2. The zero-order chi connectivity index (χ0) is 10.7. The average molecular weight is 203 g/mol. The van der Waals surface area contributed by atoms with Gasteiger partial charge in [-0.25, -0.2) is 0 Å². The summed E-state index contributed by atoms with van der Waals surface area (Å²) < 4.78 is 0. The molecule has 2 rings (SSSR count). The third-order valence-corrected chi connectivity index (χ3v) is 2.70. The molecule has 1 fully saturated rings. The molecule has 1 heterocycles. The molecule has 1 N–H and O–H groups in total. The summed E-state index contributed by atoms with van der Waals surface area (Å²) in [4.78, 5) is 14.0. The molecule has 1 aromatic rings. The van der Waals surface area contributed by atoms with Crippen LogP contribution in [0.3, 0.4) is 0 Å². The molecule has 0 bridgehead atoms. The maximum atomic E-state index is 12.1. The minimum atomic E-state index is 0.0876. The van der Waals surface area contributed by atoms with E-state index in [0.29, 0.717) is 5.56 Å². The van der Waals surface area contributed by atoms with E-state index in [1.54, 1.807) is 6.07 Å². The van der Waals surface area contributed by atoms with Crippen molar-refractivity contribution >= 4 is 5.91 Å². The number of hydrogen-bond donors (Lipinski definition) is 1. The molecule has 0 saturated carbocycles. The number of rotatable bonds is 1. The molecule has 3 nitrogen and oxygen atoms in total. The molecule has 0 aromatic heterocycles. The summed E-state index contributed by atoms with van der Waals surface area (Å²) in [6.45, 7) is 4.59. The van der Waals surface area contributed by atoms with E-state index in [1.165, 1.54) is 0 Å². The second-order valence-corrected chi connectivity index (χ2v) is 3.83. The lowest BCUT2D eigenvalue weighted by Gasteiger charge is -2.33. The zero-order valence-corrected chi connectivity index (χ0v) is 8.86. The molecule has 1 unspecified atom stereocenters. The molecule has 1 aromatic carbocycles. The van der Waals surface area contributed by atoms with Crippen molar-refractivity contribution in [2.75, 3.05) is 19.6 Å². The Morgan fingerprint density at radius 2 is 2.47 bits per heavy atom. The fourth-order valence-electron chi connectivity index (χ4n) is 1.82. The smallest absolute Gasteiger partial charge is 0.254 e. The Hall–Kier alpha value is -1.35. The van der Waals surface area contributed by atoms with Gasteiger partial charge in [-0.05, 0) is 19.1 Å². The largest absolute Gasteiger partial charge is 0.333 e. The Labute approximate surface area is 90.1 Å². The highest BCUT2D eigenvalue weighted by atomic mass is 16.2. The van der Waals surface area contributed by atoms with Crippen LogP contribution in [0.4, 0.5) is 0 Å². The molecule has 1 atom stereocenters. The van der Waals surface area contributed by atoms with Gasteiger partial charge in [-0.15, -0.1) is 0 Å². The SMILES string of the molecule is CC1CNCCN1C(=O)c1[c]cccc1. The van der Waals surface area contributed by atoms with Crippen molar-refractivity contribution in [1.82, 2.24) is 10.2 Å². The molecular formula is C12H15N2O. The molecule has 1 aliphatic rings. The van der Waals surface area contributed by atoms with Crippen LogP contribution in [-0.4, -0.2) is 36.5 Å². The van der Waals surface area contributed by atoms with E-state index in [0.717, 1.165) is 19.6 Å². The van der Waals surface area contributed by atoms with Crippen LogP contribution in [-0.2, 0) is 0 Å². The van der Waals surface area contributed by atoms with E-state index in [9.17, 15) is 4.79 Å². The number of carbonyl (C=O) groups is 1. The lowest BCUT2D eigenvalue weighted by atomic mass is 10.1. The quantitative estimate of drug-likeness (QED) is 0.736. The monoisotopic (exact) mass is 203 g/mol. The first-order chi connectivity index (χ1) is 7.29. The third-order valence-electron chi connectivity index (χ3n) is 2.70. The van der Waals surface area contributed by atoms with E-state index in [2.05, 4.69) is 18.3 Å². The molecule has 1 aliphatic heterocycles. The first-order valence-corrected chi connectivity index (χ1v) is 5.27. The lowest BCUT2D eigenvalue weighted by molar-refractivity contribution is 0.0655. The van der Waals surface area contributed by atoms with Crippen molar-refractivity contribution in [3.63, 3.8) is 0 Å². The normalized spacial score (nSPS) is 21.4. The average Bonchev–Trinajstić information content (AvgIpc) is 2.30. The Bertz CT molecular complexity index is 337. The number of nitrogens with zero attached hydrogens (tertiary/aromatic N) is 1. The number of carbonyl (C=O) groups excluding carboxylic acids is 1. The van der Waals surface area contributed by atoms with Gasteiger partial charge in [0.2, 0.25) is 0 Å². The number of piperazine rings is 1. The van der Waals surface area contributed by atoms with Crippen molar-refractivity contribution in [3.8, 4) is 0 Å². The Kier molecular flexibility index (Phi) is 3.02. The lowest BCUT2D eigenvalue weighted by Crippen LogP contribution is -2.52. The van der Waals surface area contributed by atoms with Gasteiger partial charge in [-0.3, -0.25) is 4.79 Å². The minimum Gasteiger partial charge on any atom is -0.333 e. The fraction of sp³-hybridized carbons (Fsp3) is 0.417. The topological polar surface area (TPSA) is 32.3 Å². The molecule has 79 valence electrons. The molecular weight excluding hydrogens is 188 g/mol. The maximum absolute atomic E-state index is 12.1. The fourth-order valence-corrected chi connectivity index (χ4v) is 1.82. The summed E-state index contributed by atoms with van der Waals surface area (Å²) in [7, 11) is 0. The number of hydrogen-bond acceptors (Lipinski definition) is 2. The van der Waals surface area contributed by atoms with Crippen LogP contribution in [0.25, 0.3) is 0 Å². The molecule has 15 heavy (non-hydrogen) atoms. The molecule has 0 aliphatic carbocycles. The van der Waals surface area contributed by atoms with Crippen molar-refractivity contribution < 1.29 is 4.79 Å². The van der Waals surface area contributed by atoms with E-state index in [-0.39, 0.29) is 11.9 Å². The van der Waals surface area contributed by atoms with Crippen LogP contribution in [0, 0.1) is 6.07 Å². The van der Waals surface area contributed by atoms with E-state index in [1.807, 2.05) is 23.1 Å². The number of nitrogens with one attached hydrogen (secondary N) is 1. The van der Waals surface area contributed by atoms with E-state index in [4.69, 9.17) is 0 Å². The Morgan fingerprint density at radius 1 is 1.60 bits per heavy atom. The van der Waals surface area contributed by atoms with Gasteiger partial charge in [0.25, 0.3) is 5.91 Å². The van der Waals surface area contributed by atoms with Crippen LogP contribution in [0.2, 0.25) is 0 Å². The van der Waals surface area contributed by atoms with Crippen LogP contribution in [0.15, 0.2) is 24.3 Å². The van der Waals surface area contributed by atoms with Gasteiger partial charge in [0.1, 0.15) is 0 Å². The van der Waals surface area contributed by atoms with Crippen molar-refractivity contribution in [2.24, 2.45) is 0 Å². The second kappa shape index (κ2) is 4.45. The highest BCUT2D eigenvalue weighted by Gasteiger charge is 2.23. The number of amides is 1. The van der Waals surface area contributed by atoms with Crippen molar-refractivity contribution in [2.45, 2.75) is 13.0 Å². The van der Waals surface area contributed by atoms with Gasteiger partial charge in [0, 0.05) is 31.2 Å². The second-order valence-electron chi connectivity index (χ2n) is 3.83. The van der Waals surface area contributed by atoms with Gasteiger partial charge in [-0.2, -0.15) is 0 Å². The molecule has 1 saturated heterocycles. The maximum Gasteiger partial charge on any atom is 0.254 e. The predicted molar refractivity (Wildman–Crippen MR) is 58.6 cm³/mol. The van der Waals surface area contributed by atoms with E-state index < -0.39 is 0 Å². The Balaban J connectivity index is 2.13. The summed E-state index contributed by atoms with van der Waals surface area (Å²) in [6.07, 6.45) is 0. The van der Waals surface area contributed by atoms with Crippen LogP contribution >= 0.6 is 0 Å². The van der Waals surface area contributed by atoms with Crippen molar-refractivity contribution in [1.29, 1.82) is 0 Å². The summed E-state index contributed by atoms with van der Waals surface area (Å²) in [5.74, 6) is 0.0876. The predicted octanol–water partition coefficient (Wildman–Crippen LogP) is 0.921. The zero-order valence-electron chi connectivity index (χ0n) is 8.86. The molecule has 3 heteroatoms. The van der Waals surface area contributed by atoms with Crippen molar-refractivity contribution in [3.05, 3.63) is 35.9 Å². The van der Waals surface area contributed by atoms with Gasteiger partial charge in [0.15, 0.2) is 0 Å². The summed E-state index contributed by atoms with van der Waals surface area (Å²) in [6, 6.07) is 10.6. The van der Waals surface area contributed by atoms with Crippen LogP contribution in [0.1, 0.15) is 17.3 Å². The molecule has 0 spiro atoms. The van der Waals surface area contributed by atoms with Crippen LogP contribution < -0.4 is 5.32 Å². The Morgan fingerprint density at radius 3 is 3.13 bits per heavy atom. The summed E-state index contributed by atoms with van der Waals surface area (Å²) >= 11 is 0. The highest BCUT2D eigenvalue weighted by molar-refractivity contribution is 5.94. The summed E-state index contributed by atoms with van der Waals surface area (Å²) in [5, 5.41) is 3.27. The number of benzene rings is 1.